The smallest absolute Gasteiger partial charge is 0.308 e. The predicted molar refractivity (Wildman–Crippen MR) is 78.5 cm³/mol. The molecule has 6 heteroatoms. The Hall–Kier alpha value is -1.40. The molecule has 2 aliphatic rings. The molecular formula is C15H19NO4S. The molecule has 0 bridgehead atoms. The van der Waals surface area contributed by atoms with Gasteiger partial charge in [0.15, 0.2) is 0 Å². The molecular weight excluding hydrogens is 290 g/mol. The second-order valence-corrected chi connectivity index (χ2v) is 6.82. The van der Waals surface area contributed by atoms with Gasteiger partial charge in [0.1, 0.15) is 0 Å². The Labute approximate surface area is 127 Å². The molecule has 21 heavy (non-hydrogen) atoms. The summed E-state index contributed by atoms with van der Waals surface area (Å²) in [4.78, 5) is 27.6. The van der Waals surface area contributed by atoms with E-state index in [0.29, 0.717) is 31.1 Å². The number of fused-ring (bicyclic) bond motifs is 1. The standard InChI is InChI=1S/C15H19NO4S/c1-9-11(15(18)19)3-2-5-16(9)14(17)13-7-10-8-20-6-4-12(10)21-13/h7,9,11H,2-6,8H2,1H3,(H,18,19)/t9-,11-/m1/s1. The number of ether oxygens (including phenoxy) is 1. The van der Waals surface area contributed by atoms with Gasteiger partial charge < -0.3 is 14.7 Å². The van der Waals surface area contributed by atoms with Crippen LogP contribution in [-0.4, -0.2) is 41.1 Å². The van der Waals surface area contributed by atoms with Crippen LogP contribution >= 0.6 is 11.3 Å². The summed E-state index contributed by atoms with van der Waals surface area (Å²) < 4.78 is 5.41. The van der Waals surface area contributed by atoms with E-state index >= 15 is 0 Å². The first kappa shape index (κ1) is 14.5. The van der Waals surface area contributed by atoms with Crippen LogP contribution in [0.25, 0.3) is 0 Å². The average molecular weight is 309 g/mol. The van der Waals surface area contributed by atoms with Crippen molar-refractivity contribution in [1.29, 1.82) is 0 Å². The molecule has 0 radical (unpaired) electrons. The van der Waals surface area contributed by atoms with Crippen molar-refractivity contribution in [2.24, 2.45) is 5.92 Å². The van der Waals surface area contributed by atoms with Gasteiger partial charge >= 0.3 is 5.97 Å². The fourth-order valence-corrected chi connectivity index (χ4v) is 4.26. The van der Waals surface area contributed by atoms with Crippen LogP contribution < -0.4 is 0 Å². The van der Waals surface area contributed by atoms with Gasteiger partial charge in [0, 0.05) is 23.9 Å². The predicted octanol–water partition coefficient (Wildman–Crippen LogP) is 2.15. The van der Waals surface area contributed by atoms with Crippen LogP contribution in [0.3, 0.4) is 0 Å². The topological polar surface area (TPSA) is 66.8 Å². The normalized spacial score (nSPS) is 25.5. The first-order valence-corrected chi connectivity index (χ1v) is 8.12. The third-order valence-corrected chi connectivity index (χ3v) is 5.63. The number of aliphatic carboxylic acids is 1. The lowest BCUT2D eigenvalue weighted by atomic mass is 9.90. The molecule has 0 saturated carbocycles. The Bertz CT molecular complexity index is 545. The zero-order valence-electron chi connectivity index (χ0n) is 12.0. The van der Waals surface area contributed by atoms with Crippen molar-refractivity contribution in [2.45, 2.75) is 38.8 Å². The van der Waals surface area contributed by atoms with E-state index in [1.165, 1.54) is 16.2 Å². The zero-order chi connectivity index (χ0) is 15.0. The molecule has 1 aromatic rings. The lowest BCUT2D eigenvalue weighted by Gasteiger charge is -2.37. The van der Waals surface area contributed by atoms with E-state index in [0.717, 1.165) is 18.4 Å². The van der Waals surface area contributed by atoms with Crippen molar-refractivity contribution in [3.8, 4) is 0 Å². The lowest BCUT2D eigenvalue weighted by molar-refractivity contribution is -0.144. The monoisotopic (exact) mass is 309 g/mol. The first-order valence-electron chi connectivity index (χ1n) is 7.31. The molecule has 1 aromatic heterocycles. The molecule has 2 atom stereocenters. The van der Waals surface area contributed by atoms with Crippen LogP contribution in [0.1, 0.15) is 39.9 Å². The zero-order valence-corrected chi connectivity index (χ0v) is 12.8. The largest absolute Gasteiger partial charge is 0.481 e. The van der Waals surface area contributed by atoms with E-state index in [1.54, 1.807) is 4.90 Å². The lowest BCUT2D eigenvalue weighted by Crippen LogP contribution is -2.48. The second kappa shape index (κ2) is 5.77. The molecule has 2 aliphatic heterocycles. The SMILES string of the molecule is C[C@@H]1[C@H](C(=O)O)CCCN1C(=O)c1cc2c(s1)CCOC2. The van der Waals surface area contributed by atoms with E-state index in [2.05, 4.69) is 0 Å². The Kier molecular flexibility index (Phi) is 3.99. The highest BCUT2D eigenvalue weighted by Crippen LogP contribution is 2.31. The Morgan fingerprint density at radius 3 is 3.00 bits per heavy atom. The molecule has 1 N–H and O–H groups in total. The first-order chi connectivity index (χ1) is 10.1. The maximum absolute atomic E-state index is 12.7. The van der Waals surface area contributed by atoms with Gasteiger partial charge in [-0.05, 0) is 31.4 Å². The summed E-state index contributed by atoms with van der Waals surface area (Å²) in [5, 5.41) is 9.26. The number of carbonyl (C=O) groups excluding carboxylic acids is 1. The summed E-state index contributed by atoms with van der Waals surface area (Å²) in [5.74, 6) is -1.30. The number of nitrogens with zero attached hydrogens (tertiary/aromatic N) is 1. The van der Waals surface area contributed by atoms with E-state index in [-0.39, 0.29) is 11.9 Å². The maximum Gasteiger partial charge on any atom is 0.308 e. The molecule has 1 amide bonds. The van der Waals surface area contributed by atoms with Crippen LogP contribution in [0.4, 0.5) is 0 Å². The molecule has 0 aromatic carbocycles. The van der Waals surface area contributed by atoms with Crippen LogP contribution in [0.2, 0.25) is 0 Å². The fourth-order valence-electron chi connectivity index (χ4n) is 3.15. The van der Waals surface area contributed by atoms with Crippen molar-refractivity contribution < 1.29 is 19.4 Å². The minimum atomic E-state index is -0.807. The summed E-state index contributed by atoms with van der Waals surface area (Å²) in [6, 6.07) is 1.66. The average Bonchev–Trinajstić information content (AvgIpc) is 2.90. The molecule has 3 rings (SSSR count). The number of hydrogen-bond acceptors (Lipinski definition) is 4. The third-order valence-electron chi connectivity index (χ3n) is 4.40. The van der Waals surface area contributed by atoms with Gasteiger partial charge in [0.25, 0.3) is 5.91 Å². The van der Waals surface area contributed by atoms with Gasteiger partial charge in [-0.25, -0.2) is 0 Å². The van der Waals surface area contributed by atoms with Crippen molar-refractivity contribution in [2.75, 3.05) is 13.2 Å². The molecule has 114 valence electrons. The maximum atomic E-state index is 12.7. The minimum Gasteiger partial charge on any atom is -0.481 e. The van der Waals surface area contributed by atoms with Gasteiger partial charge in [-0.15, -0.1) is 11.3 Å². The number of hydrogen-bond donors (Lipinski definition) is 1. The van der Waals surface area contributed by atoms with Gasteiger partial charge in [0.2, 0.25) is 0 Å². The van der Waals surface area contributed by atoms with Crippen LogP contribution in [0, 0.1) is 5.92 Å². The summed E-state index contributed by atoms with van der Waals surface area (Å²) >= 11 is 1.53. The number of likely N-dealkylation sites (tertiary alicyclic amines) is 1. The molecule has 1 fully saturated rings. The summed E-state index contributed by atoms with van der Waals surface area (Å²) in [7, 11) is 0. The Morgan fingerprint density at radius 2 is 2.29 bits per heavy atom. The highest BCUT2D eigenvalue weighted by molar-refractivity contribution is 7.14. The van der Waals surface area contributed by atoms with E-state index in [9.17, 15) is 14.7 Å². The number of thiophene rings is 1. The highest BCUT2D eigenvalue weighted by Gasteiger charge is 2.36. The number of carboxylic acids is 1. The summed E-state index contributed by atoms with van der Waals surface area (Å²) in [5.41, 5.74) is 1.11. The van der Waals surface area contributed by atoms with Crippen molar-refractivity contribution >= 4 is 23.2 Å². The quantitative estimate of drug-likeness (QED) is 0.909. The van der Waals surface area contributed by atoms with Crippen LogP contribution in [0.5, 0.6) is 0 Å². The van der Waals surface area contributed by atoms with Gasteiger partial charge in [0.05, 0.1) is 24.0 Å². The third kappa shape index (κ3) is 2.70. The van der Waals surface area contributed by atoms with E-state index in [4.69, 9.17) is 4.74 Å². The van der Waals surface area contributed by atoms with Gasteiger partial charge in [-0.3, -0.25) is 9.59 Å². The van der Waals surface area contributed by atoms with Crippen LogP contribution in [0.15, 0.2) is 6.07 Å². The number of piperidine rings is 1. The van der Waals surface area contributed by atoms with Crippen LogP contribution in [-0.2, 0) is 22.6 Å². The van der Waals surface area contributed by atoms with Crippen molar-refractivity contribution in [3.05, 3.63) is 21.4 Å². The molecule has 0 aliphatic carbocycles. The molecule has 0 unspecified atom stereocenters. The van der Waals surface area contributed by atoms with Crippen molar-refractivity contribution in [3.63, 3.8) is 0 Å². The number of rotatable bonds is 2. The summed E-state index contributed by atoms with van der Waals surface area (Å²) in [6.07, 6.45) is 2.26. The molecule has 0 spiro atoms. The number of amides is 1. The summed E-state index contributed by atoms with van der Waals surface area (Å²) in [6.45, 7) is 3.77. The molecule has 3 heterocycles. The van der Waals surface area contributed by atoms with Gasteiger partial charge in [-0.2, -0.15) is 0 Å². The van der Waals surface area contributed by atoms with Gasteiger partial charge in [-0.1, -0.05) is 0 Å². The van der Waals surface area contributed by atoms with E-state index < -0.39 is 11.9 Å². The fraction of sp³-hybridized carbons (Fsp3) is 0.600. The Morgan fingerprint density at radius 1 is 1.48 bits per heavy atom. The second-order valence-electron chi connectivity index (χ2n) is 5.69. The number of carbonyl (C=O) groups is 2. The van der Waals surface area contributed by atoms with E-state index in [1.807, 2.05) is 13.0 Å². The Balaban J connectivity index is 1.80. The minimum absolute atomic E-state index is 0.0344. The number of carboxylic acid groups (broad SMARTS) is 1. The molecule has 5 nitrogen and oxygen atoms in total. The van der Waals surface area contributed by atoms with Crippen molar-refractivity contribution in [1.82, 2.24) is 4.90 Å². The molecule has 1 saturated heterocycles. The highest BCUT2D eigenvalue weighted by atomic mass is 32.1.